The van der Waals surface area contributed by atoms with Gasteiger partial charge in [0.25, 0.3) is 0 Å². The van der Waals surface area contributed by atoms with Crippen molar-refractivity contribution in [2.45, 2.75) is 18.9 Å². The van der Waals surface area contributed by atoms with Crippen LogP contribution in [0.4, 0.5) is 0 Å². The molecule has 2 aromatic heterocycles. The standard InChI is InChI=1S/C50H36N4/c1-3-14-33(15-4-1)49-42-22-7-10-23-44(42)51-50(52-49)36-16-13-19-38(30-36)54-45-24-11-8-20-39(45)41-28-26-35(32-48(41)54)34-27-29-47-43(31-34)40-21-9-12-25-46(40)53(47)37-17-5-2-6-18-37/h1-6,8-21,23-32,42,49H,7,22H2. The Kier molecular flexibility index (Phi) is 7.09. The van der Waals surface area contributed by atoms with Crippen LogP contribution < -0.4 is 0 Å². The second-order valence-electron chi connectivity index (χ2n) is 14.5. The topological polar surface area (TPSA) is 34.6 Å². The smallest absolute Gasteiger partial charge is 0.155 e. The number of rotatable bonds is 5. The van der Waals surface area contributed by atoms with Crippen LogP contribution in [0.2, 0.25) is 0 Å². The summed E-state index contributed by atoms with van der Waals surface area (Å²) in [6, 6.07) is 61.5. The molecule has 256 valence electrons. The fraction of sp³-hybridized carbons (Fsp3) is 0.0800. The summed E-state index contributed by atoms with van der Waals surface area (Å²) in [5.74, 6) is 1.10. The monoisotopic (exact) mass is 692 g/mol. The molecule has 0 saturated carbocycles. The highest BCUT2D eigenvalue weighted by atomic mass is 15.0. The highest BCUT2D eigenvalue weighted by Gasteiger charge is 2.32. The molecular formula is C50H36N4. The van der Waals surface area contributed by atoms with Crippen molar-refractivity contribution in [2.75, 3.05) is 0 Å². The van der Waals surface area contributed by atoms with Crippen LogP contribution in [0.3, 0.4) is 0 Å². The molecule has 2 atom stereocenters. The van der Waals surface area contributed by atoms with Crippen molar-refractivity contribution in [1.29, 1.82) is 0 Å². The van der Waals surface area contributed by atoms with Crippen LogP contribution in [-0.4, -0.2) is 20.7 Å². The van der Waals surface area contributed by atoms with Gasteiger partial charge in [-0.3, -0.25) is 4.99 Å². The van der Waals surface area contributed by atoms with Gasteiger partial charge in [-0.05, 0) is 90.2 Å². The summed E-state index contributed by atoms with van der Waals surface area (Å²) >= 11 is 0. The van der Waals surface area contributed by atoms with Gasteiger partial charge >= 0.3 is 0 Å². The minimum Gasteiger partial charge on any atom is -0.309 e. The number of allylic oxidation sites excluding steroid dienone is 2. The average molecular weight is 693 g/mol. The quantitative estimate of drug-likeness (QED) is 0.172. The third-order valence-corrected chi connectivity index (χ3v) is 11.4. The first kappa shape index (κ1) is 30.8. The molecule has 7 aromatic carbocycles. The highest BCUT2D eigenvalue weighted by molar-refractivity contribution is 6.14. The van der Waals surface area contributed by atoms with Gasteiger partial charge in [0.2, 0.25) is 0 Å². The van der Waals surface area contributed by atoms with E-state index < -0.39 is 0 Å². The minimum absolute atomic E-state index is 0.0529. The van der Waals surface area contributed by atoms with E-state index in [0.717, 1.165) is 35.6 Å². The first-order valence-electron chi connectivity index (χ1n) is 18.9. The van der Waals surface area contributed by atoms with Crippen molar-refractivity contribution in [3.05, 3.63) is 193 Å². The molecule has 2 aliphatic rings. The molecular weight excluding hydrogens is 657 g/mol. The van der Waals surface area contributed by atoms with E-state index in [4.69, 9.17) is 9.98 Å². The molecule has 2 unspecified atom stereocenters. The molecule has 0 amide bonds. The lowest BCUT2D eigenvalue weighted by Gasteiger charge is -2.30. The van der Waals surface area contributed by atoms with Crippen molar-refractivity contribution in [1.82, 2.24) is 9.13 Å². The molecule has 54 heavy (non-hydrogen) atoms. The number of amidine groups is 1. The largest absolute Gasteiger partial charge is 0.309 e. The van der Waals surface area contributed by atoms with E-state index >= 15 is 0 Å². The lowest BCUT2D eigenvalue weighted by atomic mass is 9.82. The van der Waals surface area contributed by atoms with Gasteiger partial charge in [0.1, 0.15) is 0 Å². The zero-order valence-corrected chi connectivity index (χ0v) is 29.7. The first-order valence-corrected chi connectivity index (χ1v) is 18.9. The van der Waals surface area contributed by atoms with Crippen LogP contribution in [-0.2, 0) is 0 Å². The molecule has 1 aliphatic carbocycles. The zero-order valence-electron chi connectivity index (χ0n) is 29.7. The van der Waals surface area contributed by atoms with Gasteiger partial charge in [0.15, 0.2) is 5.84 Å². The van der Waals surface area contributed by atoms with Crippen molar-refractivity contribution in [3.8, 4) is 22.5 Å². The molecule has 0 radical (unpaired) electrons. The van der Waals surface area contributed by atoms with Crippen molar-refractivity contribution in [2.24, 2.45) is 15.9 Å². The first-order chi connectivity index (χ1) is 26.8. The van der Waals surface area contributed by atoms with Gasteiger partial charge in [-0.2, -0.15) is 0 Å². The maximum Gasteiger partial charge on any atom is 0.155 e. The fourth-order valence-corrected chi connectivity index (χ4v) is 8.88. The van der Waals surface area contributed by atoms with E-state index in [1.165, 1.54) is 66.0 Å². The van der Waals surface area contributed by atoms with Crippen LogP contribution >= 0.6 is 0 Å². The summed E-state index contributed by atoms with van der Waals surface area (Å²) in [7, 11) is 0. The Balaban J connectivity index is 1.06. The lowest BCUT2D eigenvalue weighted by Crippen LogP contribution is -2.28. The Morgan fingerprint density at radius 1 is 0.463 bits per heavy atom. The number of fused-ring (bicyclic) bond motifs is 7. The molecule has 11 rings (SSSR count). The van der Waals surface area contributed by atoms with E-state index in [9.17, 15) is 0 Å². The van der Waals surface area contributed by atoms with Gasteiger partial charge in [0.05, 0.1) is 28.1 Å². The lowest BCUT2D eigenvalue weighted by molar-refractivity contribution is 0.510. The molecule has 4 heteroatoms. The van der Waals surface area contributed by atoms with Crippen LogP contribution in [0.25, 0.3) is 66.1 Å². The van der Waals surface area contributed by atoms with E-state index in [-0.39, 0.29) is 6.04 Å². The number of nitrogens with zero attached hydrogens (tertiary/aromatic N) is 4. The minimum atomic E-state index is 0.0529. The fourth-order valence-electron chi connectivity index (χ4n) is 8.88. The molecule has 4 nitrogen and oxygen atoms in total. The molecule has 0 saturated heterocycles. The molecule has 0 N–H and O–H groups in total. The Morgan fingerprint density at radius 3 is 1.91 bits per heavy atom. The SMILES string of the molecule is C1=CC2=NC(c3cccc(-n4c5ccccc5c5ccc(-c6ccc7c(c6)c6ccccc6n7-c6ccccc6)cc54)c3)=NC(c3ccccc3)C2CC1. The highest BCUT2D eigenvalue weighted by Crippen LogP contribution is 2.40. The summed E-state index contributed by atoms with van der Waals surface area (Å²) in [6.07, 6.45) is 6.60. The summed E-state index contributed by atoms with van der Waals surface area (Å²) < 4.78 is 4.78. The maximum absolute atomic E-state index is 5.36. The van der Waals surface area contributed by atoms with Crippen LogP contribution in [0.5, 0.6) is 0 Å². The van der Waals surface area contributed by atoms with Crippen molar-refractivity contribution < 1.29 is 0 Å². The second kappa shape index (κ2) is 12.4. The maximum atomic E-state index is 5.36. The normalized spacial score (nSPS) is 16.9. The van der Waals surface area contributed by atoms with Gasteiger partial charge in [-0.15, -0.1) is 0 Å². The van der Waals surface area contributed by atoms with E-state index in [1.807, 2.05) is 0 Å². The summed E-state index contributed by atoms with van der Waals surface area (Å²) in [5, 5.41) is 4.97. The molecule has 9 aromatic rings. The molecule has 0 fully saturated rings. The number of aromatic nitrogens is 2. The number of aliphatic imine (C=N–C) groups is 2. The van der Waals surface area contributed by atoms with E-state index in [1.54, 1.807) is 0 Å². The molecule has 3 heterocycles. The van der Waals surface area contributed by atoms with Gasteiger partial charge < -0.3 is 9.13 Å². The van der Waals surface area contributed by atoms with Crippen molar-refractivity contribution in [3.63, 3.8) is 0 Å². The number of hydrogen-bond donors (Lipinski definition) is 0. The Labute approximate surface area is 313 Å². The Morgan fingerprint density at radius 2 is 1.09 bits per heavy atom. The summed E-state index contributed by atoms with van der Waals surface area (Å²) in [4.78, 5) is 10.5. The predicted molar refractivity (Wildman–Crippen MR) is 226 cm³/mol. The van der Waals surface area contributed by atoms with Gasteiger partial charge in [-0.1, -0.05) is 121 Å². The number of benzene rings is 7. The van der Waals surface area contributed by atoms with Crippen LogP contribution in [0.15, 0.2) is 192 Å². The molecule has 0 bridgehead atoms. The van der Waals surface area contributed by atoms with Crippen LogP contribution in [0, 0.1) is 5.92 Å². The van der Waals surface area contributed by atoms with E-state index in [0.29, 0.717) is 5.92 Å². The Hall–Kier alpha value is -6.78. The number of hydrogen-bond acceptors (Lipinski definition) is 2. The summed E-state index contributed by atoms with van der Waals surface area (Å²) in [5.41, 5.74) is 12.8. The van der Waals surface area contributed by atoms with Crippen LogP contribution in [0.1, 0.15) is 30.0 Å². The third kappa shape index (κ3) is 4.91. The number of para-hydroxylation sites is 3. The Bertz CT molecular complexity index is 3000. The molecule has 1 aliphatic heterocycles. The second-order valence-corrected chi connectivity index (χ2v) is 14.5. The summed E-state index contributed by atoms with van der Waals surface area (Å²) in [6.45, 7) is 0. The van der Waals surface area contributed by atoms with Gasteiger partial charge in [-0.25, -0.2) is 4.99 Å². The van der Waals surface area contributed by atoms with Gasteiger partial charge in [0, 0.05) is 50.1 Å². The average Bonchev–Trinajstić information content (AvgIpc) is 3.76. The molecule has 0 spiro atoms. The van der Waals surface area contributed by atoms with E-state index in [2.05, 4.69) is 191 Å². The third-order valence-electron chi connectivity index (χ3n) is 11.4. The predicted octanol–water partition coefficient (Wildman–Crippen LogP) is 12.5. The van der Waals surface area contributed by atoms with Crippen molar-refractivity contribution >= 4 is 55.2 Å². The zero-order chi connectivity index (χ0) is 35.6.